The Morgan fingerprint density at radius 3 is 2.74 bits per heavy atom. The van der Waals surface area contributed by atoms with Crippen LogP contribution in [0.2, 0.25) is 5.02 Å². The summed E-state index contributed by atoms with van der Waals surface area (Å²) in [6, 6.07) is 14.3. The zero-order chi connectivity index (χ0) is 26.9. The summed E-state index contributed by atoms with van der Waals surface area (Å²) < 4.78 is 23.0. The minimum Gasteiger partial charge on any atom is -0.493 e. The van der Waals surface area contributed by atoms with Gasteiger partial charge in [-0.2, -0.15) is 0 Å². The lowest BCUT2D eigenvalue weighted by atomic mass is 10.1. The first-order valence-electron chi connectivity index (χ1n) is 12.0. The Bertz CT molecular complexity index is 1720. The fraction of sp³-hybridized carbons (Fsp3) is 0.143. The lowest BCUT2D eigenvalue weighted by Gasteiger charge is -2.38. The molecule has 5 aromatic rings. The van der Waals surface area contributed by atoms with Crippen LogP contribution in [0, 0.1) is 0 Å². The molecule has 0 unspecified atom stereocenters. The Kier molecular flexibility index (Phi) is 6.37. The van der Waals surface area contributed by atoms with Gasteiger partial charge in [-0.25, -0.2) is 15.0 Å². The van der Waals surface area contributed by atoms with E-state index in [0.29, 0.717) is 63.7 Å². The lowest BCUT2D eigenvalue weighted by Crippen LogP contribution is -2.55. The molecular formula is C28H22ClN5O5. The molecule has 196 valence electrons. The van der Waals surface area contributed by atoms with E-state index in [2.05, 4.69) is 26.8 Å². The van der Waals surface area contributed by atoms with Gasteiger partial charge in [0, 0.05) is 23.2 Å². The number of hydrogen-bond donors (Lipinski definition) is 1. The highest BCUT2D eigenvalue weighted by molar-refractivity contribution is 6.32. The number of hydrogen-bond acceptors (Lipinski definition) is 9. The van der Waals surface area contributed by atoms with Crippen molar-refractivity contribution < 1.29 is 23.4 Å². The second-order valence-corrected chi connectivity index (χ2v) is 9.19. The molecule has 2 aromatic heterocycles. The van der Waals surface area contributed by atoms with Crippen LogP contribution in [0.15, 0.2) is 78.3 Å². The van der Waals surface area contributed by atoms with Crippen molar-refractivity contribution in [1.29, 1.82) is 0 Å². The van der Waals surface area contributed by atoms with Crippen LogP contribution in [0.1, 0.15) is 0 Å². The van der Waals surface area contributed by atoms with Gasteiger partial charge in [0.25, 0.3) is 0 Å². The quantitative estimate of drug-likeness (QED) is 0.245. The minimum absolute atomic E-state index is 0.119. The molecule has 0 bridgehead atoms. The predicted molar refractivity (Wildman–Crippen MR) is 146 cm³/mol. The van der Waals surface area contributed by atoms with E-state index in [4.69, 9.17) is 30.2 Å². The van der Waals surface area contributed by atoms with Gasteiger partial charge in [0.05, 0.1) is 30.7 Å². The van der Waals surface area contributed by atoms with E-state index < -0.39 is 0 Å². The summed E-state index contributed by atoms with van der Waals surface area (Å²) in [4.78, 5) is 26.3. The van der Waals surface area contributed by atoms with E-state index in [0.717, 1.165) is 10.9 Å². The zero-order valence-electron chi connectivity index (χ0n) is 20.8. The largest absolute Gasteiger partial charge is 0.493 e. The van der Waals surface area contributed by atoms with E-state index in [-0.39, 0.29) is 12.0 Å². The number of aromatic nitrogens is 3. The van der Waals surface area contributed by atoms with Gasteiger partial charge < -0.3 is 28.8 Å². The second-order valence-electron chi connectivity index (χ2n) is 8.78. The normalized spacial score (nSPS) is 13.2. The minimum atomic E-state index is -0.155. The van der Waals surface area contributed by atoms with Crippen LogP contribution < -0.4 is 19.5 Å². The SMILES string of the molecule is C=CC(=O)N1CC(Oc2cc3c(Nc4ccc(Oc5ccc6ncoc6c5)c(Cl)c4)ncnc3cc2OC)C1. The van der Waals surface area contributed by atoms with Crippen LogP contribution in [-0.4, -0.2) is 52.1 Å². The van der Waals surface area contributed by atoms with Gasteiger partial charge in [-0.15, -0.1) is 0 Å². The average molecular weight is 544 g/mol. The van der Waals surface area contributed by atoms with Crippen LogP contribution in [0.25, 0.3) is 22.0 Å². The summed E-state index contributed by atoms with van der Waals surface area (Å²) >= 11 is 6.55. The molecule has 6 rings (SSSR count). The van der Waals surface area contributed by atoms with Crippen LogP contribution in [0.5, 0.6) is 23.0 Å². The van der Waals surface area contributed by atoms with E-state index in [1.165, 1.54) is 18.8 Å². The molecule has 1 fully saturated rings. The van der Waals surface area contributed by atoms with Gasteiger partial charge >= 0.3 is 0 Å². The number of amides is 1. The highest BCUT2D eigenvalue weighted by Gasteiger charge is 2.31. The molecule has 1 N–H and O–H groups in total. The maximum absolute atomic E-state index is 11.8. The van der Waals surface area contributed by atoms with Crippen molar-refractivity contribution in [3.63, 3.8) is 0 Å². The fourth-order valence-corrected chi connectivity index (χ4v) is 4.46. The summed E-state index contributed by atoms with van der Waals surface area (Å²) in [6.07, 6.45) is 3.99. The molecule has 1 saturated heterocycles. The monoisotopic (exact) mass is 543 g/mol. The van der Waals surface area contributed by atoms with Crippen molar-refractivity contribution in [2.45, 2.75) is 6.10 Å². The molecule has 11 heteroatoms. The third-order valence-corrected chi connectivity index (χ3v) is 6.57. The summed E-state index contributed by atoms with van der Waals surface area (Å²) in [5, 5.41) is 4.43. The molecule has 0 radical (unpaired) electrons. The third-order valence-electron chi connectivity index (χ3n) is 6.27. The summed E-state index contributed by atoms with van der Waals surface area (Å²) in [6.45, 7) is 4.47. The van der Waals surface area contributed by atoms with Gasteiger partial charge in [-0.3, -0.25) is 4.79 Å². The molecule has 0 atom stereocenters. The fourth-order valence-electron chi connectivity index (χ4n) is 4.24. The van der Waals surface area contributed by atoms with Gasteiger partial charge in [0.15, 0.2) is 23.5 Å². The Labute approximate surface area is 227 Å². The molecule has 3 aromatic carbocycles. The number of rotatable bonds is 8. The first kappa shape index (κ1) is 24.5. The standard InChI is InChI=1S/C28H22ClN5O5/c1-3-27(35)34-12-18(13-34)39-26-10-19-22(11-25(26)36-2)30-14-31-28(19)33-16-4-7-23(20(29)8-16)38-17-5-6-21-24(9-17)37-15-32-21/h3-11,14-15,18H,1,12-13H2,2H3,(H,30,31,33). The van der Waals surface area contributed by atoms with E-state index in [1.54, 1.807) is 42.3 Å². The first-order chi connectivity index (χ1) is 19.0. The van der Waals surface area contributed by atoms with Crippen molar-refractivity contribution in [3.8, 4) is 23.0 Å². The average Bonchev–Trinajstić information content (AvgIpc) is 3.39. The second kappa shape index (κ2) is 10.1. The number of fused-ring (bicyclic) bond motifs is 2. The van der Waals surface area contributed by atoms with Gasteiger partial charge in [0.1, 0.15) is 35.3 Å². The van der Waals surface area contributed by atoms with E-state index >= 15 is 0 Å². The topological polar surface area (TPSA) is 112 Å². The molecule has 0 saturated carbocycles. The van der Waals surface area contributed by atoms with Crippen LogP contribution >= 0.6 is 11.6 Å². The number of methoxy groups -OCH3 is 1. The Morgan fingerprint density at radius 2 is 1.95 bits per heavy atom. The first-order valence-corrected chi connectivity index (χ1v) is 12.4. The summed E-state index contributed by atoms with van der Waals surface area (Å²) in [5.41, 5.74) is 2.74. The molecule has 0 spiro atoms. The van der Waals surface area contributed by atoms with Crippen LogP contribution in [0.3, 0.4) is 0 Å². The van der Waals surface area contributed by atoms with Crippen molar-refractivity contribution in [2.75, 3.05) is 25.5 Å². The molecule has 39 heavy (non-hydrogen) atoms. The molecule has 1 aliphatic rings. The van der Waals surface area contributed by atoms with Gasteiger partial charge in [-0.1, -0.05) is 18.2 Å². The lowest BCUT2D eigenvalue weighted by molar-refractivity contribution is -0.134. The number of oxazole rings is 1. The molecule has 1 amide bonds. The van der Waals surface area contributed by atoms with E-state index in [9.17, 15) is 4.79 Å². The Balaban J connectivity index is 1.22. The third kappa shape index (κ3) is 4.89. The van der Waals surface area contributed by atoms with Crippen molar-refractivity contribution in [1.82, 2.24) is 19.9 Å². The number of carbonyl (C=O) groups excluding carboxylic acids is 1. The molecule has 0 aliphatic carbocycles. The number of benzene rings is 3. The number of halogens is 1. The Hall–Kier alpha value is -4.83. The predicted octanol–water partition coefficient (Wildman–Crippen LogP) is 5.74. The maximum atomic E-state index is 11.8. The molecule has 10 nitrogen and oxygen atoms in total. The van der Waals surface area contributed by atoms with Crippen LogP contribution in [0.4, 0.5) is 11.5 Å². The number of nitrogens with one attached hydrogen (secondary N) is 1. The zero-order valence-corrected chi connectivity index (χ0v) is 21.5. The summed E-state index contributed by atoms with van der Waals surface area (Å²) in [5.74, 6) is 2.57. The van der Waals surface area contributed by atoms with Crippen molar-refractivity contribution >= 4 is 51.0 Å². The maximum Gasteiger partial charge on any atom is 0.246 e. The molecular weight excluding hydrogens is 522 g/mol. The van der Waals surface area contributed by atoms with Crippen molar-refractivity contribution in [3.05, 3.63) is 78.9 Å². The number of carbonyl (C=O) groups is 1. The van der Waals surface area contributed by atoms with Gasteiger partial charge in [-0.05, 0) is 42.5 Å². The number of nitrogens with zero attached hydrogens (tertiary/aromatic N) is 4. The number of ether oxygens (including phenoxy) is 3. The van der Waals surface area contributed by atoms with Gasteiger partial charge in [0.2, 0.25) is 5.91 Å². The van der Waals surface area contributed by atoms with Crippen molar-refractivity contribution in [2.24, 2.45) is 0 Å². The number of anilines is 2. The molecule has 1 aliphatic heterocycles. The van der Waals surface area contributed by atoms with Crippen LogP contribution in [-0.2, 0) is 4.79 Å². The van der Waals surface area contributed by atoms with E-state index in [1.807, 2.05) is 18.2 Å². The smallest absolute Gasteiger partial charge is 0.246 e. The number of likely N-dealkylation sites (tertiary alicyclic amines) is 1. The molecule has 3 heterocycles. The highest BCUT2D eigenvalue weighted by atomic mass is 35.5. The Morgan fingerprint density at radius 1 is 1.08 bits per heavy atom. The summed E-state index contributed by atoms with van der Waals surface area (Å²) in [7, 11) is 1.57. The highest BCUT2D eigenvalue weighted by Crippen LogP contribution is 2.37.